The van der Waals surface area contributed by atoms with Gasteiger partial charge in [-0.15, -0.1) is 0 Å². The van der Waals surface area contributed by atoms with Gasteiger partial charge in [-0.1, -0.05) is 31.9 Å². The standard InChI is InChI=1S/C21H30ClFN4O5/c1-7-9-13(12(8-2)25-19(29)32-21(3,4)5)24-17-15(23)11-10-27(20(30)31-6)18(28)14(11)16(22)26-17/h12-13H,7-10H2,1-6H3,(H,24,26)(H,25,29). The van der Waals surface area contributed by atoms with Crippen LogP contribution >= 0.6 is 11.6 Å². The minimum atomic E-state index is -0.910. The van der Waals surface area contributed by atoms with E-state index in [0.29, 0.717) is 12.8 Å². The lowest BCUT2D eigenvalue weighted by Gasteiger charge is -2.30. The van der Waals surface area contributed by atoms with Crippen molar-refractivity contribution in [1.82, 2.24) is 15.2 Å². The van der Waals surface area contributed by atoms with Crippen molar-refractivity contribution in [3.63, 3.8) is 0 Å². The van der Waals surface area contributed by atoms with Gasteiger partial charge in [0.25, 0.3) is 5.91 Å². The zero-order valence-corrected chi connectivity index (χ0v) is 19.9. The number of pyridine rings is 1. The van der Waals surface area contributed by atoms with E-state index in [2.05, 4.69) is 20.4 Å². The molecular weight excluding hydrogens is 443 g/mol. The van der Waals surface area contributed by atoms with E-state index >= 15 is 4.39 Å². The molecule has 11 heteroatoms. The van der Waals surface area contributed by atoms with E-state index in [1.54, 1.807) is 20.8 Å². The number of alkyl carbamates (subject to hydrolysis) is 1. The number of hydrogen-bond donors (Lipinski definition) is 2. The van der Waals surface area contributed by atoms with Gasteiger partial charge in [-0.2, -0.15) is 0 Å². The second-order valence-electron chi connectivity index (χ2n) is 8.48. The smallest absolute Gasteiger partial charge is 0.416 e. The second kappa shape index (κ2) is 10.3. The summed E-state index contributed by atoms with van der Waals surface area (Å²) in [6.07, 6.45) is 0.405. The number of imide groups is 1. The minimum absolute atomic E-state index is 0.0358. The summed E-state index contributed by atoms with van der Waals surface area (Å²) in [5, 5.41) is 5.63. The van der Waals surface area contributed by atoms with Gasteiger partial charge in [0.15, 0.2) is 11.6 Å². The lowest BCUT2D eigenvalue weighted by atomic mass is 10.0. The first-order chi connectivity index (χ1) is 14.9. The second-order valence-corrected chi connectivity index (χ2v) is 8.84. The van der Waals surface area contributed by atoms with Crippen molar-refractivity contribution in [3.8, 4) is 0 Å². The summed E-state index contributed by atoms with van der Waals surface area (Å²) in [6.45, 7) is 8.83. The van der Waals surface area contributed by atoms with E-state index in [1.807, 2.05) is 13.8 Å². The molecule has 0 aliphatic carbocycles. The monoisotopic (exact) mass is 472 g/mol. The molecule has 0 fully saturated rings. The average molecular weight is 473 g/mol. The summed E-state index contributed by atoms with van der Waals surface area (Å²) < 4.78 is 25.2. The highest BCUT2D eigenvalue weighted by Crippen LogP contribution is 2.34. The molecule has 32 heavy (non-hydrogen) atoms. The first-order valence-corrected chi connectivity index (χ1v) is 10.8. The number of ether oxygens (including phenoxy) is 2. The molecule has 178 valence electrons. The fourth-order valence-electron chi connectivity index (χ4n) is 3.47. The minimum Gasteiger partial charge on any atom is -0.452 e. The summed E-state index contributed by atoms with van der Waals surface area (Å²) in [4.78, 5) is 41.3. The Bertz CT molecular complexity index is 890. The highest BCUT2D eigenvalue weighted by atomic mass is 35.5. The van der Waals surface area contributed by atoms with Gasteiger partial charge in [0.1, 0.15) is 10.8 Å². The molecule has 2 N–H and O–H groups in total. The van der Waals surface area contributed by atoms with E-state index in [-0.39, 0.29) is 40.7 Å². The number of anilines is 1. The van der Waals surface area contributed by atoms with Crippen molar-refractivity contribution in [3.05, 3.63) is 22.1 Å². The van der Waals surface area contributed by atoms with Crippen LogP contribution in [0.4, 0.5) is 19.8 Å². The van der Waals surface area contributed by atoms with Crippen LogP contribution in [0, 0.1) is 5.82 Å². The van der Waals surface area contributed by atoms with Crippen LogP contribution < -0.4 is 10.6 Å². The summed E-state index contributed by atoms with van der Waals surface area (Å²) in [5.74, 6) is -1.70. The maximum atomic E-state index is 15.3. The molecular formula is C21H30ClFN4O5. The topological polar surface area (TPSA) is 110 Å². The highest BCUT2D eigenvalue weighted by molar-refractivity contribution is 6.33. The first kappa shape index (κ1) is 25.6. The quantitative estimate of drug-likeness (QED) is 0.563. The zero-order chi connectivity index (χ0) is 24.2. The molecule has 3 amide bonds. The predicted octanol–water partition coefficient (Wildman–Crippen LogP) is 4.48. The van der Waals surface area contributed by atoms with Gasteiger partial charge in [-0.05, 0) is 33.6 Å². The molecule has 9 nitrogen and oxygen atoms in total. The number of nitrogens with zero attached hydrogens (tertiary/aromatic N) is 2. The average Bonchev–Trinajstić information content (AvgIpc) is 3.05. The molecule has 1 aromatic heterocycles. The van der Waals surface area contributed by atoms with Gasteiger partial charge in [0, 0.05) is 11.6 Å². The molecule has 1 aromatic rings. The van der Waals surface area contributed by atoms with Crippen LogP contribution in [0.3, 0.4) is 0 Å². The molecule has 2 rings (SSSR count). The van der Waals surface area contributed by atoms with Crippen LogP contribution in [0.2, 0.25) is 5.15 Å². The number of carbonyl (C=O) groups excluding carboxylic acids is 3. The lowest BCUT2D eigenvalue weighted by Crippen LogP contribution is -2.48. The van der Waals surface area contributed by atoms with Gasteiger partial charge in [-0.25, -0.2) is 23.9 Å². The Morgan fingerprint density at radius 3 is 2.47 bits per heavy atom. The molecule has 0 bridgehead atoms. The van der Waals surface area contributed by atoms with Crippen LogP contribution in [0.5, 0.6) is 0 Å². The maximum absolute atomic E-state index is 15.3. The number of carbonyl (C=O) groups is 3. The van der Waals surface area contributed by atoms with E-state index in [1.165, 1.54) is 0 Å². The summed E-state index contributed by atoms with van der Waals surface area (Å²) in [7, 11) is 1.12. The molecule has 0 saturated carbocycles. The third-order valence-electron chi connectivity index (χ3n) is 4.91. The Morgan fingerprint density at radius 2 is 1.94 bits per heavy atom. The van der Waals surface area contributed by atoms with Crippen LogP contribution in [0.25, 0.3) is 0 Å². The number of fused-ring (bicyclic) bond motifs is 1. The summed E-state index contributed by atoms with van der Waals surface area (Å²) in [5.41, 5.74) is -0.854. The SMILES string of the molecule is CCCC(Nc1nc(Cl)c2c(c1F)CN(C(=O)OC)C2=O)C(CC)NC(=O)OC(C)(C)C. The Kier molecular flexibility index (Phi) is 8.28. The summed E-state index contributed by atoms with van der Waals surface area (Å²) >= 11 is 6.18. The molecule has 0 radical (unpaired) electrons. The number of aromatic nitrogens is 1. The van der Waals surface area contributed by atoms with Crippen molar-refractivity contribution >= 4 is 35.5 Å². The van der Waals surface area contributed by atoms with Crippen molar-refractivity contribution in [2.45, 2.75) is 78.1 Å². The Hall–Kier alpha value is -2.62. The van der Waals surface area contributed by atoms with E-state index in [0.717, 1.165) is 18.4 Å². The number of halogens is 2. The van der Waals surface area contributed by atoms with E-state index in [4.69, 9.17) is 16.3 Å². The fourth-order valence-corrected chi connectivity index (χ4v) is 3.75. The molecule has 0 aromatic carbocycles. The number of hydrogen-bond acceptors (Lipinski definition) is 7. The normalized spacial score (nSPS) is 15.1. The highest BCUT2D eigenvalue weighted by Gasteiger charge is 2.39. The van der Waals surface area contributed by atoms with Crippen LogP contribution in [0.15, 0.2) is 0 Å². The Balaban J connectivity index is 2.31. The van der Waals surface area contributed by atoms with Gasteiger partial charge in [-0.3, -0.25) is 4.79 Å². The Labute approximate surface area is 192 Å². The summed E-state index contributed by atoms with van der Waals surface area (Å²) in [6, 6.07) is -0.770. The molecule has 2 heterocycles. The van der Waals surface area contributed by atoms with Gasteiger partial charge >= 0.3 is 12.2 Å². The molecule has 0 saturated heterocycles. The number of rotatable bonds is 7. The molecule has 2 atom stereocenters. The van der Waals surface area contributed by atoms with E-state index in [9.17, 15) is 14.4 Å². The van der Waals surface area contributed by atoms with Crippen molar-refractivity contribution in [1.29, 1.82) is 0 Å². The fraction of sp³-hybridized carbons (Fsp3) is 0.619. The Morgan fingerprint density at radius 1 is 1.28 bits per heavy atom. The van der Waals surface area contributed by atoms with Crippen molar-refractivity contribution < 1.29 is 28.2 Å². The molecule has 0 spiro atoms. The predicted molar refractivity (Wildman–Crippen MR) is 117 cm³/mol. The van der Waals surface area contributed by atoms with Crippen LogP contribution in [-0.4, -0.2) is 52.8 Å². The maximum Gasteiger partial charge on any atom is 0.416 e. The third kappa shape index (κ3) is 5.79. The molecule has 2 unspecified atom stereocenters. The largest absolute Gasteiger partial charge is 0.452 e. The number of methoxy groups -OCH3 is 1. The van der Waals surface area contributed by atoms with Crippen LogP contribution in [0.1, 0.15) is 69.8 Å². The van der Waals surface area contributed by atoms with Gasteiger partial charge in [0.2, 0.25) is 0 Å². The van der Waals surface area contributed by atoms with Crippen molar-refractivity contribution in [2.24, 2.45) is 0 Å². The van der Waals surface area contributed by atoms with Gasteiger partial charge < -0.3 is 20.1 Å². The third-order valence-corrected chi connectivity index (χ3v) is 5.18. The van der Waals surface area contributed by atoms with Crippen LogP contribution in [-0.2, 0) is 16.0 Å². The molecule has 1 aliphatic rings. The van der Waals surface area contributed by atoms with E-state index < -0.39 is 29.5 Å². The zero-order valence-electron chi connectivity index (χ0n) is 19.2. The molecule has 1 aliphatic heterocycles. The number of amides is 3. The number of nitrogens with one attached hydrogen (secondary N) is 2. The first-order valence-electron chi connectivity index (χ1n) is 10.5. The van der Waals surface area contributed by atoms with Gasteiger partial charge in [0.05, 0.1) is 25.3 Å². The van der Waals surface area contributed by atoms with Crippen molar-refractivity contribution in [2.75, 3.05) is 12.4 Å². The lowest BCUT2D eigenvalue weighted by molar-refractivity contribution is 0.0495.